The highest BCUT2D eigenvalue weighted by atomic mass is 16.5. The van der Waals surface area contributed by atoms with Crippen molar-refractivity contribution in [3.8, 4) is 28.7 Å². The molecule has 0 aliphatic carbocycles. The number of benzene rings is 3. The number of aromatic nitrogens is 1. The zero-order valence-electron chi connectivity index (χ0n) is 23.2. The van der Waals surface area contributed by atoms with Crippen molar-refractivity contribution in [3.05, 3.63) is 66.2 Å². The maximum absolute atomic E-state index is 10.5. The van der Waals surface area contributed by atoms with Gasteiger partial charge in [0.1, 0.15) is 22.8 Å². The van der Waals surface area contributed by atoms with Gasteiger partial charge in [-0.15, -0.1) is 0 Å². The molecule has 1 N–H and O–H groups in total. The van der Waals surface area contributed by atoms with Crippen molar-refractivity contribution < 1.29 is 19.0 Å². The summed E-state index contributed by atoms with van der Waals surface area (Å²) in [6.07, 6.45) is 14.6. The summed E-state index contributed by atoms with van der Waals surface area (Å²) in [5, 5.41) is 10.5. The van der Waals surface area contributed by atoms with Crippen molar-refractivity contribution in [1.82, 2.24) is 4.98 Å². The fourth-order valence-electron chi connectivity index (χ4n) is 4.50. The number of aliphatic imine (C=N–C) groups is 1. The normalized spacial score (nSPS) is 11.4. The Morgan fingerprint density at radius 3 is 2.21 bits per heavy atom. The lowest BCUT2D eigenvalue weighted by molar-refractivity contribution is 0.302. The Balaban J connectivity index is 1.24. The quantitative estimate of drug-likeness (QED) is 0.116. The van der Waals surface area contributed by atoms with Crippen LogP contribution in [0.25, 0.3) is 22.6 Å². The second kappa shape index (κ2) is 15.0. The molecule has 1 heterocycles. The molecule has 4 aromatic rings. The summed E-state index contributed by atoms with van der Waals surface area (Å²) in [7, 11) is 1.64. The summed E-state index contributed by atoms with van der Waals surface area (Å²) in [6, 6.07) is 18.5. The Kier molecular flexibility index (Phi) is 10.8. The van der Waals surface area contributed by atoms with Gasteiger partial charge < -0.3 is 19.0 Å². The van der Waals surface area contributed by atoms with E-state index in [1.165, 1.54) is 57.8 Å². The van der Waals surface area contributed by atoms with Crippen molar-refractivity contribution in [2.24, 2.45) is 4.99 Å². The summed E-state index contributed by atoms with van der Waals surface area (Å²) >= 11 is 0. The number of unbranched alkanes of at least 4 members (excludes halogenated alkanes) is 9. The molecule has 0 saturated heterocycles. The van der Waals surface area contributed by atoms with E-state index in [9.17, 15) is 5.11 Å². The number of phenols is 1. The maximum atomic E-state index is 10.5. The van der Waals surface area contributed by atoms with E-state index in [2.05, 4.69) is 16.9 Å². The Hall–Kier alpha value is -3.80. The lowest BCUT2D eigenvalue weighted by Gasteiger charge is -2.08. The molecule has 0 atom stereocenters. The van der Waals surface area contributed by atoms with Crippen LogP contribution in [-0.4, -0.2) is 30.0 Å². The van der Waals surface area contributed by atoms with E-state index in [0.29, 0.717) is 29.4 Å². The molecule has 0 saturated carbocycles. The van der Waals surface area contributed by atoms with E-state index in [-0.39, 0.29) is 5.75 Å². The second-order valence-electron chi connectivity index (χ2n) is 9.91. The lowest BCUT2D eigenvalue weighted by Crippen LogP contribution is -1.97. The topological polar surface area (TPSA) is 77.1 Å². The average Bonchev–Trinajstić information content (AvgIpc) is 3.39. The highest BCUT2D eigenvalue weighted by molar-refractivity contribution is 5.87. The Morgan fingerprint density at radius 1 is 0.821 bits per heavy atom. The number of methoxy groups -OCH3 is 1. The highest BCUT2D eigenvalue weighted by Crippen LogP contribution is 2.29. The molecule has 0 amide bonds. The molecule has 0 aliphatic heterocycles. The zero-order valence-corrected chi connectivity index (χ0v) is 23.2. The van der Waals surface area contributed by atoms with Crippen LogP contribution in [0.2, 0.25) is 0 Å². The second-order valence-corrected chi connectivity index (χ2v) is 9.91. The van der Waals surface area contributed by atoms with E-state index in [1.807, 2.05) is 54.6 Å². The largest absolute Gasteiger partial charge is 0.507 e. The molecule has 4 rings (SSSR count). The maximum Gasteiger partial charge on any atom is 0.227 e. The van der Waals surface area contributed by atoms with Crippen molar-refractivity contribution in [2.45, 2.75) is 71.1 Å². The molecule has 0 radical (unpaired) electrons. The standard InChI is InChI=1S/C33H40N2O4/c1-3-4-5-6-7-8-9-10-11-12-21-38-29-19-15-26(31(36)23-29)24-34-27-16-20-32-30(22-27)35-33(39-32)25-13-17-28(37-2)18-14-25/h13-20,22-24,36H,3-12,21H2,1-2H3. The first-order valence-electron chi connectivity index (χ1n) is 14.2. The molecule has 39 heavy (non-hydrogen) atoms. The third-order valence-corrected chi connectivity index (χ3v) is 6.83. The number of rotatable bonds is 16. The summed E-state index contributed by atoms with van der Waals surface area (Å²) in [4.78, 5) is 9.14. The monoisotopic (exact) mass is 528 g/mol. The minimum absolute atomic E-state index is 0.142. The summed E-state index contributed by atoms with van der Waals surface area (Å²) in [5.74, 6) is 2.14. The van der Waals surface area contributed by atoms with Crippen molar-refractivity contribution in [1.29, 1.82) is 0 Å². The Morgan fingerprint density at radius 2 is 1.51 bits per heavy atom. The van der Waals surface area contributed by atoms with Crippen LogP contribution in [0.15, 0.2) is 70.1 Å². The smallest absolute Gasteiger partial charge is 0.227 e. The van der Waals surface area contributed by atoms with Gasteiger partial charge in [-0.3, -0.25) is 4.99 Å². The van der Waals surface area contributed by atoms with Crippen LogP contribution in [0.5, 0.6) is 17.2 Å². The molecule has 1 aromatic heterocycles. The number of phenolic OH excluding ortho intramolecular Hbond substituents is 1. The predicted octanol–water partition coefficient (Wildman–Crippen LogP) is 9.26. The Labute approximate surface area is 231 Å². The zero-order chi connectivity index (χ0) is 27.3. The van der Waals surface area contributed by atoms with E-state index in [4.69, 9.17) is 13.9 Å². The first kappa shape index (κ1) is 28.2. The first-order valence-corrected chi connectivity index (χ1v) is 14.2. The molecular formula is C33H40N2O4. The predicted molar refractivity (Wildman–Crippen MR) is 159 cm³/mol. The number of ether oxygens (including phenoxy) is 2. The highest BCUT2D eigenvalue weighted by Gasteiger charge is 2.09. The van der Waals surface area contributed by atoms with E-state index in [1.54, 1.807) is 19.4 Å². The van der Waals surface area contributed by atoms with Crippen LogP contribution >= 0.6 is 0 Å². The van der Waals surface area contributed by atoms with Crippen molar-refractivity contribution >= 4 is 23.0 Å². The molecule has 3 aromatic carbocycles. The van der Waals surface area contributed by atoms with Crippen LogP contribution in [0.4, 0.5) is 5.69 Å². The number of aromatic hydroxyl groups is 1. The summed E-state index contributed by atoms with van der Waals surface area (Å²) in [5.41, 5.74) is 3.62. The third-order valence-electron chi connectivity index (χ3n) is 6.83. The molecule has 206 valence electrons. The van der Waals surface area contributed by atoms with Gasteiger partial charge in [-0.1, -0.05) is 64.7 Å². The minimum Gasteiger partial charge on any atom is -0.507 e. The van der Waals surface area contributed by atoms with Crippen LogP contribution in [0.1, 0.15) is 76.7 Å². The van der Waals surface area contributed by atoms with Crippen LogP contribution in [0.3, 0.4) is 0 Å². The van der Waals surface area contributed by atoms with Gasteiger partial charge in [0.15, 0.2) is 5.58 Å². The minimum atomic E-state index is 0.142. The summed E-state index contributed by atoms with van der Waals surface area (Å²) in [6.45, 7) is 2.92. The fraction of sp³-hybridized carbons (Fsp3) is 0.394. The molecule has 0 fully saturated rings. The fourth-order valence-corrected chi connectivity index (χ4v) is 4.50. The number of hydrogen-bond acceptors (Lipinski definition) is 6. The molecule has 6 heteroatoms. The van der Waals surface area contributed by atoms with Gasteiger partial charge in [0.25, 0.3) is 0 Å². The van der Waals surface area contributed by atoms with Crippen LogP contribution < -0.4 is 9.47 Å². The van der Waals surface area contributed by atoms with E-state index in [0.717, 1.165) is 28.9 Å². The van der Waals surface area contributed by atoms with Gasteiger partial charge in [0, 0.05) is 23.4 Å². The number of fused-ring (bicyclic) bond motifs is 1. The van der Waals surface area contributed by atoms with Gasteiger partial charge >= 0.3 is 0 Å². The molecule has 6 nitrogen and oxygen atoms in total. The third kappa shape index (κ3) is 8.60. The van der Waals surface area contributed by atoms with E-state index < -0.39 is 0 Å². The van der Waals surface area contributed by atoms with Crippen LogP contribution in [0, 0.1) is 0 Å². The van der Waals surface area contributed by atoms with Gasteiger partial charge in [0.05, 0.1) is 19.4 Å². The molecule has 0 bridgehead atoms. The van der Waals surface area contributed by atoms with Gasteiger partial charge in [-0.2, -0.15) is 0 Å². The van der Waals surface area contributed by atoms with Crippen molar-refractivity contribution in [2.75, 3.05) is 13.7 Å². The molecule has 0 spiro atoms. The van der Waals surface area contributed by atoms with Gasteiger partial charge in [-0.05, 0) is 61.0 Å². The first-order chi connectivity index (χ1) is 19.2. The van der Waals surface area contributed by atoms with E-state index >= 15 is 0 Å². The summed E-state index contributed by atoms with van der Waals surface area (Å²) < 4.78 is 17.0. The molecule has 0 aliphatic rings. The SMILES string of the molecule is CCCCCCCCCCCCOc1ccc(C=Nc2ccc3oc(-c4ccc(OC)cc4)nc3c2)c(O)c1. The number of hydrogen-bond donors (Lipinski definition) is 1. The number of oxazole rings is 1. The van der Waals surface area contributed by atoms with Crippen molar-refractivity contribution in [3.63, 3.8) is 0 Å². The Bertz CT molecular complexity index is 1330. The van der Waals surface area contributed by atoms with Gasteiger partial charge in [0.2, 0.25) is 5.89 Å². The van der Waals surface area contributed by atoms with Crippen LogP contribution in [-0.2, 0) is 0 Å². The number of nitrogens with zero attached hydrogens (tertiary/aromatic N) is 2. The average molecular weight is 529 g/mol. The molecular weight excluding hydrogens is 488 g/mol. The lowest BCUT2D eigenvalue weighted by atomic mass is 10.1. The molecule has 0 unspecified atom stereocenters. The van der Waals surface area contributed by atoms with Gasteiger partial charge in [-0.25, -0.2) is 4.98 Å².